The van der Waals surface area contributed by atoms with Gasteiger partial charge in [0.15, 0.2) is 0 Å². The van der Waals surface area contributed by atoms with Crippen LogP contribution in [0.3, 0.4) is 0 Å². The predicted molar refractivity (Wildman–Crippen MR) is 67.5 cm³/mol. The Morgan fingerprint density at radius 3 is 2.93 bits per heavy atom. The minimum Gasteiger partial charge on any atom is -0.307 e. The first kappa shape index (κ1) is 12.3. The molecule has 1 aliphatic rings. The van der Waals surface area contributed by atoms with E-state index in [0.717, 1.165) is 12.8 Å². The quantitative estimate of drug-likeness (QED) is 0.759. The highest BCUT2D eigenvalue weighted by Crippen LogP contribution is 2.25. The summed E-state index contributed by atoms with van der Waals surface area (Å²) in [7, 11) is 0. The number of fused-ring (bicyclic) bond motifs is 1. The Kier molecular flexibility index (Phi) is 4.37. The van der Waals surface area contributed by atoms with Crippen LogP contribution in [0.15, 0.2) is 36.9 Å². The van der Waals surface area contributed by atoms with Crippen LogP contribution in [0.25, 0.3) is 0 Å². The zero-order chi connectivity index (χ0) is 9.97. The minimum absolute atomic E-state index is 0. The van der Waals surface area contributed by atoms with Crippen LogP contribution >= 0.6 is 12.4 Å². The summed E-state index contributed by atoms with van der Waals surface area (Å²) in [5.74, 6) is 0. The highest BCUT2D eigenvalue weighted by molar-refractivity contribution is 5.85. The average Bonchev–Trinajstić information content (AvgIpc) is 2.18. The summed E-state index contributed by atoms with van der Waals surface area (Å²) in [5.41, 5.74) is 2.94. The van der Waals surface area contributed by atoms with Crippen LogP contribution in [-0.4, -0.2) is 6.04 Å². The fraction of sp³-hybridized carbons (Fsp3) is 0.385. The van der Waals surface area contributed by atoms with Crippen molar-refractivity contribution in [2.45, 2.75) is 31.8 Å². The summed E-state index contributed by atoms with van der Waals surface area (Å²) in [6.45, 7) is 6.03. The molecule has 0 amide bonds. The van der Waals surface area contributed by atoms with Gasteiger partial charge in [0.05, 0.1) is 0 Å². The summed E-state index contributed by atoms with van der Waals surface area (Å²) in [6, 6.07) is 9.74. The minimum atomic E-state index is 0. The Morgan fingerprint density at radius 2 is 2.20 bits per heavy atom. The second kappa shape index (κ2) is 5.34. The lowest BCUT2D eigenvalue weighted by atomic mass is 9.90. The van der Waals surface area contributed by atoms with E-state index in [1.54, 1.807) is 0 Å². The molecule has 1 nitrogen and oxygen atoms in total. The number of nitrogens with one attached hydrogen (secondary N) is 1. The highest BCUT2D eigenvalue weighted by Gasteiger charge is 2.21. The summed E-state index contributed by atoms with van der Waals surface area (Å²) >= 11 is 0. The topological polar surface area (TPSA) is 12.0 Å². The van der Waals surface area contributed by atoms with Gasteiger partial charge in [-0.2, -0.15) is 0 Å². The van der Waals surface area contributed by atoms with Gasteiger partial charge in [0.25, 0.3) is 0 Å². The first-order chi connectivity index (χ1) is 6.81. The molecule has 1 heterocycles. The van der Waals surface area contributed by atoms with Crippen molar-refractivity contribution in [1.29, 1.82) is 0 Å². The molecule has 0 aliphatic carbocycles. The molecule has 0 fully saturated rings. The number of rotatable bonds is 2. The maximum Gasteiger partial charge on any atom is 0.0297 e. The molecule has 15 heavy (non-hydrogen) atoms. The molecule has 2 unspecified atom stereocenters. The number of halogens is 1. The highest BCUT2D eigenvalue weighted by atomic mass is 35.5. The maximum absolute atomic E-state index is 3.80. The standard InChI is InChI=1S/C13H17N.ClH/c1-3-6-12-9-11-7-4-5-8-13(11)10(2)14-12;/h3-5,7-8,10,12,14H,1,6,9H2,2H3;1H. The van der Waals surface area contributed by atoms with Gasteiger partial charge in [-0.1, -0.05) is 30.3 Å². The van der Waals surface area contributed by atoms with Crippen LogP contribution in [0.1, 0.15) is 30.5 Å². The summed E-state index contributed by atoms with van der Waals surface area (Å²) in [6.07, 6.45) is 4.18. The van der Waals surface area contributed by atoms with Crippen molar-refractivity contribution < 1.29 is 0 Å². The molecule has 0 spiro atoms. The van der Waals surface area contributed by atoms with Crippen LogP contribution in [-0.2, 0) is 6.42 Å². The predicted octanol–water partition coefficient (Wildman–Crippen LogP) is 3.26. The second-order valence-electron chi connectivity index (χ2n) is 4.01. The van der Waals surface area contributed by atoms with Crippen molar-refractivity contribution in [2.75, 3.05) is 0 Å². The molecule has 2 heteroatoms. The van der Waals surface area contributed by atoms with Crippen molar-refractivity contribution in [1.82, 2.24) is 5.32 Å². The van der Waals surface area contributed by atoms with Crippen LogP contribution in [0.2, 0.25) is 0 Å². The van der Waals surface area contributed by atoms with E-state index in [1.165, 1.54) is 11.1 Å². The number of hydrogen-bond donors (Lipinski definition) is 1. The van der Waals surface area contributed by atoms with Gasteiger partial charge in [-0.3, -0.25) is 0 Å². The lowest BCUT2D eigenvalue weighted by molar-refractivity contribution is 0.424. The van der Waals surface area contributed by atoms with E-state index in [-0.39, 0.29) is 12.4 Å². The van der Waals surface area contributed by atoms with Crippen molar-refractivity contribution in [3.05, 3.63) is 48.0 Å². The summed E-state index contributed by atoms with van der Waals surface area (Å²) < 4.78 is 0. The maximum atomic E-state index is 3.80. The SMILES string of the molecule is C=CCC1Cc2ccccc2C(C)N1.Cl. The molecule has 0 saturated carbocycles. The normalized spacial score (nSPS) is 23.8. The lowest BCUT2D eigenvalue weighted by Crippen LogP contribution is -2.37. The molecular formula is C13H18ClN. The molecule has 0 aromatic heterocycles. The van der Waals surface area contributed by atoms with E-state index in [2.05, 4.69) is 43.1 Å². The Morgan fingerprint density at radius 1 is 1.47 bits per heavy atom. The third-order valence-corrected chi connectivity index (χ3v) is 2.92. The van der Waals surface area contributed by atoms with Gasteiger partial charge in [-0.15, -0.1) is 19.0 Å². The fourth-order valence-corrected chi connectivity index (χ4v) is 2.26. The van der Waals surface area contributed by atoms with E-state index in [1.807, 2.05) is 6.08 Å². The molecule has 1 aromatic rings. The molecule has 0 saturated heterocycles. The fourth-order valence-electron chi connectivity index (χ4n) is 2.26. The van der Waals surface area contributed by atoms with Gasteiger partial charge < -0.3 is 5.32 Å². The van der Waals surface area contributed by atoms with Crippen molar-refractivity contribution in [3.63, 3.8) is 0 Å². The van der Waals surface area contributed by atoms with Gasteiger partial charge >= 0.3 is 0 Å². The molecular weight excluding hydrogens is 206 g/mol. The number of benzene rings is 1. The van der Waals surface area contributed by atoms with Gasteiger partial charge in [-0.05, 0) is 30.9 Å². The van der Waals surface area contributed by atoms with E-state index < -0.39 is 0 Å². The van der Waals surface area contributed by atoms with Crippen molar-refractivity contribution in [2.24, 2.45) is 0 Å². The molecule has 0 bridgehead atoms. The smallest absolute Gasteiger partial charge is 0.0297 e. The van der Waals surface area contributed by atoms with E-state index in [9.17, 15) is 0 Å². The Labute approximate surface area is 98.0 Å². The van der Waals surface area contributed by atoms with E-state index in [0.29, 0.717) is 12.1 Å². The molecule has 1 aromatic carbocycles. The Hall–Kier alpha value is -0.790. The molecule has 0 radical (unpaired) electrons. The van der Waals surface area contributed by atoms with Crippen LogP contribution < -0.4 is 5.32 Å². The molecule has 1 aliphatic heterocycles. The summed E-state index contributed by atoms with van der Waals surface area (Å²) in [5, 5.41) is 3.60. The zero-order valence-corrected chi connectivity index (χ0v) is 9.89. The molecule has 1 N–H and O–H groups in total. The first-order valence-electron chi connectivity index (χ1n) is 5.26. The Balaban J connectivity index is 0.00000112. The number of hydrogen-bond acceptors (Lipinski definition) is 1. The van der Waals surface area contributed by atoms with Crippen molar-refractivity contribution in [3.8, 4) is 0 Å². The molecule has 82 valence electrons. The zero-order valence-electron chi connectivity index (χ0n) is 9.07. The lowest BCUT2D eigenvalue weighted by Gasteiger charge is -2.30. The summed E-state index contributed by atoms with van der Waals surface area (Å²) in [4.78, 5) is 0. The van der Waals surface area contributed by atoms with E-state index >= 15 is 0 Å². The van der Waals surface area contributed by atoms with E-state index in [4.69, 9.17) is 0 Å². The van der Waals surface area contributed by atoms with Gasteiger partial charge in [0, 0.05) is 12.1 Å². The van der Waals surface area contributed by atoms with Crippen LogP contribution in [0.5, 0.6) is 0 Å². The van der Waals surface area contributed by atoms with Gasteiger partial charge in [0.2, 0.25) is 0 Å². The molecule has 2 atom stereocenters. The third-order valence-electron chi connectivity index (χ3n) is 2.92. The second-order valence-corrected chi connectivity index (χ2v) is 4.01. The monoisotopic (exact) mass is 223 g/mol. The van der Waals surface area contributed by atoms with Gasteiger partial charge in [0.1, 0.15) is 0 Å². The van der Waals surface area contributed by atoms with Gasteiger partial charge in [-0.25, -0.2) is 0 Å². The van der Waals surface area contributed by atoms with Crippen LogP contribution in [0.4, 0.5) is 0 Å². The van der Waals surface area contributed by atoms with Crippen molar-refractivity contribution >= 4 is 12.4 Å². The first-order valence-corrected chi connectivity index (χ1v) is 5.26. The Bertz CT molecular complexity index is 335. The largest absolute Gasteiger partial charge is 0.307 e. The molecule has 2 rings (SSSR count). The third kappa shape index (κ3) is 2.61. The van der Waals surface area contributed by atoms with Crippen LogP contribution in [0, 0.1) is 0 Å². The average molecular weight is 224 g/mol.